The van der Waals surface area contributed by atoms with Crippen LogP contribution in [-0.4, -0.2) is 64.2 Å². The maximum Gasteiger partial charge on any atom is 0.335 e. The van der Waals surface area contributed by atoms with Crippen molar-refractivity contribution in [2.45, 2.75) is 0 Å². The molecule has 0 aliphatic carbocycles. The van der Waals surface area contributed by atoms with Crippen molar-refractivity contribution < 1.29 is 39.6 Å². The molecule has 0 atom stereocenters. The minimum atomic E-state index is -1.30. The molecule has 0 amide bonds. The largest absolute Gasteiger partial charge is 0.478 e. The predicted octanol–water partition coefficient (Wildman–Crippen LogP) is 3.06. The fraction of sp³-hybridized carbons (Fsp3) is 0. The topological polar surface area (TPSA) is 201 Å². The van der Waals surface area contributed by atoms with E-state index < -0.39 is 23.9 Å². The standard InChI is InChI=1S/C24H14N4O8/c29-21(30)13-1-11(2-14(5-13)22(31)32)18-9-26-19(10-25-18)17-7-27-20(28-8-17)12-3-15(23(33)34)6-16(4-12)24(35)36/h1-10H,(H,29,30)(H,31,32)(H,33,34)(H,35,36). The molecule has 12 nitrogen and oxygen atoms in total. The van der Waals surface area contributed by atoms with Crippen LogP contribution in [0, 0.1) is 0 Å². The Hall–Kier alpha value is -5.52. The summed E-state index contributed by atoms with van der Waals surface area (Å²) in [7, 11) is 0. The van der Waals surface area contributed by atoms with Gasteiger partial charge in [-0.15, -0.1) is 0 Å². The average molecular weight is 486 g/mol. The molecule has 0 aliphatic heterocycles. The van der Waals surface area contributed by atoms with E-state index >= 15 is 0 Å². The highest BCUT2D eigenvalue weighted by atomic mass is 16.4. The normalized spacial score (nSPS) is 10.6. The molecule has 178 valence electrons. The summed E-state index contributed by atoms with van der Waals surface area (Å²) in [5, 5.41) is 37.0. The fourth-order valence-electron chi connectivity index (χ4n) is 3.26. The highest BCUT2D eigenvalue weighted by Gasteiger charge is 2.15. The van der Waals surface area contributed by atoms with Crippen LogP contribution < -0.4 is 0 Å². The van der Waals surface area contributed by atoms with E-state index in [1.165, 1.54) is 49.1 Å². The third-order valence-electron chi connectivity index (χ3n) is 5.01. The van der Waals surface area contributed by atoms with E-state index in [1.807, 2.05) is 0 Å². The lowest BCUT2D eigenvalue weighted by atomic mass is 10.0. The predicted molar refractivity (Wildman–Crippen MR) is 122 cm³/mol. The highest BCUT2D eigenvalue weighted by molar-refractivity contribution is 5.96. The second-order valence-corrected chi connectivity index (χ2v) is 7.40. The van der Waals surface area contributed by atoms with Crippen LogP contribution in [0.15, 0.2) is 61.2 Å². The number of carboxylic acid groups (broad SMARTS) is 4. The Morgan fingerprint density at radius 2 is 0.806 bits per heavy atom. The van der Waals surface area contributed by atoms with Gasteiger partial charge in [-0.05, 0) is 36.4 Å². The van der Waals surface area contributed by atoms with E-state index in [9.17, 15) is 39.6 Å². The van der Waals surface area contributed by atoms with Crippen LogP contribution in [0.5, 0.6) is 0 Å². The zero-order chi connectivity index (χ0) is 26.0. The van der Waals surface area contributed by atoms with Crippen LogP contribution >= 0.6 is 0 Å². The number of nitrogens with zero attached hydrogens (tertiary/aromatic N) is 4. The van der Waals surface area contributed by atoms with Gasteiger partial charge < -0.3 is 20.4 Å². The van der Waals surface area contributed by atoms with Gasteiger partial charge in [0.05, 0.1) is 46.0 Å². The summed E-state index contributed by atoms with van der Waals surface area (Å²) in [5.74, 6) is -5.07. The quantitative estimate of drug-likeness (QED) is 0.298. The Morgan fingerprint density at radius 3 is 1.17 bits per heavy atom. The van der Waals surface area contributed by atoms with Gasteiger partial charge in [-0.1, -0.05) is 0 Å². The summed E-state index contributed by atoms with van der Waals surface area (Å²) in [4.78, 5) is 62.2. The second-order valence-electron chi connectivity index (χ2n) is 7.40. The van der Waals surface area contributed by atoms with Crippen molar-refractivity contribution in [3.8, 4) is 33.9 Å². The van der Waals surface area contributed by atoms with E-state index in [2.05, 4.69) is 19.9 Å². The fourth-order valence-corrected chi connectivity index (χ4v) is 3.26. The van der Waals surface area contributed by atoms with Gasteiger partial charge in [0.25, 0.3) is 0 Å². The summed E-state index contributed by atoms with van der Waals surface area (Å²) in [6, 6.07) is 7.16. The lowest BCUT2D eigenvalue weighted by Crippen LogP contribution is -2.04. The molecular formula is C24H14N4O8. The lowest BCUT2D eigenvalue weighted by Gasteiger charge is -2.07. The van der Waals surface area contributed by atoms with Gasteiger partial charge in [-0.3, -0.25) is 9.97 Å². The number of carbonyl (C=O) groups is 4. The van der Waals surface area contributed by atoms with Crippen LogP contribution in [0.2, 0.25) is 0 Å². The zero-order valence-corrected chi connectivity index (χ0v) is 18.0. The first-order valence-corrected chi connectivity index (χ1v) is 10.0. The monoisotopic (exact) mass is 486 g/mol. The number of aromatic nitrogens is 4. The van der Waals surface area contributed by atoms with Gasteiger partial charge in [-0.2, -0.15) is 0 Å². The van der Waals surface area contributed by atoms with Crippen molar-refractivity contribution in [1.29, 1.82) is 0 Å². The second kappa shape index (κ2) is 9.38. The number of benzene rings is 2. The molecule has 0 fully saturated rings. The molecule has 2 heterocycles. The van der Waals surface area contributed by atoms with Crippen LogP contribution in [0.3, 0.4) is 0 Å². The van der Waals surface area contributed by atoms with E-state index in [-0.39, 0.29) is 44.9 Å². The van der Waals surface area contributed by atoms with Gasteiger partial charge in [0.2, 0.25) is 0 Å². The maximum atomic E-state index is 11.3. The number of hydrogen-bond acceptors (Lipinski definition) is 8. The van der Waals surface area contributed by atoms with Crippen molar-refractivity contribution in [1.82, 2.24) is 19.9 Å². The molecule has 0 spiro atoms. The smallest absolute Gasteiger partial charge is 0.335 e. The molecule has 0 saturated carbocycles. The summed E-state index contributed by atoms with van der Waals surface area (Å²) < 4.78 is 0. The van der Waals surface area contributed by atoms with Crippen molar-refractivity contribution in [3.63, 3.8) is 0 Å². The zero-order valence-electron chi connectivity index (χ0n) is 18.0. The first-order valence-electron chi connectivity index (χ1n) is 10.0. The van der Waals surface area contributed by atoms with Crippen LogP contribution in [0.4, 0.5) is 0 Å². The van der Waals surface area contributed by atoms with Gasteiger partial charge in [-0.25, -0.2) is 29.1 Å². The first kappa shape index (κ1) is 23.6. The summed E-state index contributed by atoms with van der Waals surface area (Å²) >= 11 is 0. The van der Waals surface area contributed by atoms with Gasteiger partial charge in [0.1, 0.15) is 0 Å². The number of hydrogen-bond donors (Lipinski definition) is 4. The molecule has 0 bridgehead atoms. The van der Waals surface area contributed by atoms with Gasteiger partial charge >= 0.3 is 23.9 Å². The minimum absolute atomic E-state index is 0.0978. The molecule has 2 aromatic heterocycles. The van der Waals surface area contributed by atoms with E-state index in [4.69, 9.17) is 0 Å². The number of aromatic carboxylic acids is 4. The Labute approximate surface area is 201 Å². The molecule has 4 aromatic rings. The molecular weight excluding hydrogens is 472 g/mol. The van der Waals surface area contributed by atoms with Crippen molar-refractivity contribution in [2.24, 2.45) is 0 Å². The third kappa shape index (κ3) is 4.87. The molecule has 4 N–H and O–H groups in total. The SMILES string of the molecule is O=C(O)c1cc(C(=O)O)cc(-c2cnc(-c3cnc(-c4cc(C(=O)O)cc(C(=O)O)c4)nc3)cn2)c1. The van der Waals surface area contributed by atoms with E-state index in [0.717, 1.165) is 12.1 Å². The molecule has 2 aromatic carbocycles. The van der Waals surface area contributed by atoms with E-state index in [0.29, 0.717) is 11.3 Å². The molecule has 4 rings (SSSR count). The molecule has 36 heavy (non-hydrogen) atoms. The van der Waals surface area contributed by atoms with E-state index in [1.54, 1.807) is 0 Å². The highest BCUT2D eigenvalue weighted by Crippen LogP contribution is 2.24. The summed E-state index contributed by atoms with van der Waals surface area (Å²) in [5.41, 5.74) is 0.622. The maximum absolute atomic E-state index is 11.3. The Kier molecular flexibility index (Phi) is 6.16. The Balaban J connectivity index is 1.64. The molecule has 12 heteroatoms. The summed E-state index contributed by atoms with van der Waals surface area (Å²) in [6.45, 7) is 0. The van der Waals surface area contributed by atoms with Crippen LogP contribution in [0.25, 0.3) is 33.9 Å². The molecule has 0 unspecified atom stereocenters. The third-order valence-corrected chi connectivity index (χ3v) is 5.01. The lowest BCUT2D eigenvalue weighted by molar-refractivity contribution is 0.0676. The van der Waals surface area contributed by atoms with Crippen LogP contribution in [-0.2, 0) is 0 Å². The Morgan fingerprint density at radius 1 is 0.444 bits per heavy atom. The number of rotatable bonds is 7. The molecule has 0 aliphatic rings. The van der Waals surface area contributed by atoms with Gasteiger partial charge in [0.15, 0.2) is 5.82 Å². The Bertz CT molecular complexity index is 1350. The first-order chi connectivity index (χ1) is 17.1. The van der Waals surface area contributed by atoms with Crippen molar-refractivity contribution in [2.75, 3.05) is 0 Å². The summed E-state index contributed by atoms with van der Waals surface area (Å²) in [6.07, 6.45) is 5.50. The van der Waals surface area contributed by atoms with Gasteiger partial charge in [0, 0.05) is 29.1 Å². The minimum Gasteiger partial charge on any atom is -0.478 e. The average Bonchev–Trinajstić information content (AvgIpc) is 2.88. The van der Waals surface area contributed by atoms with Crippen molar-refractivity contribution >= 4 is 23.9 Å². The van der Waals surface area contributed by atoms with Crippen molar-refractivity contribution in [3.05, 3.63) is 83.4 Å². The number of carboxylic acids is 4. The van der Waals surface area contributed by atoms with Crippen LogP contribution in [0.1, 0.15) is 41.4 Å². The molecule has 0 saturated heterocycles. The molecule has 0 radical (unpaired) electrons.